The zero-order valence-corrected chi connectivity index (χ0v) is 12.8. The molecular weight excluding hydrogens is 299 g/mol. The van der Waals surface area contributed by atoms with Gasteiger partial charge in [0.1, 0.15) is 29.5 Å². The third-order valence-electron chi connectivity index (χ3n) is 3.56. The van der Waals surface area contributed by atoms with Crippen molar-refractivity contribution in [2.45, 2.75) is 13.5 Å². The Morgan fingerprint density at radius 3 is 2.74 bits per heavy atom. The molecule has 3 rings (SSSR count). The Morgan fingerprint density at radius 1 is 1.13 bits per heavy atom. The highest BCUT2D eigenvalue weighted by molar-refractivity contribution is 5.81. The number of halogens is 1. The first-order valence-electron chi connectivity index (χ1n) is 7.06. The van der Waals surface area contributed by atoms with E-state index in [1.54, 1.807) is 18.2 Å². The van der Waals surface area contributed by atoms with Crippen LogP contribution in [0.4, 0.5) is 4.39 Å². The van der Waals surface area contributed by atoms with E-state index >= 15 is 0 Å². The van der Waals surface area contributed by atoms with Crippen LogP contribution < -0.4 is 15.1 Å². The second-order valence-corrected chi connectivity index (χ2v) is 5.15. The van der Waals surface area contributed by atoms with Crippen molar-refractivity contribution >= 4 is 11.0 Å². The Labute approximate surface area is 132 Å². The first-order chi connectivity index (χ1) is 11.1. The smallest absolute Gasteiger partial charge is 0.336 e. The van der Waals surface area contributed by atoms with Gasteiger partial charge in [0, 0.05) is 23.1 Å². The second kappa shape index (κ2) is 6.12. The fourth-order valence-corrected chi connectivity index (χ4v) is 2.42. The molecule has 0 aliphatic heterocycles. The number of ether oxygens (including phenoxy) is 2. The molecule has 1 aromatic heterocycles. The molecule has 23 heavy (non-hydrogen) atoms. The van der Waals surface area contributed by atoms with Gasteiger partial charge in [0.2, 0.25) is 0 Å². The van der Waals surface area contributed by atoms with Gasteiger partial charge in [-0.3, -0.25) is 0 Å². The molecule has 5 heteroatoms. The summed E-state index contributed by atoms with van der Waals surface area (Å²) in [4.78, 5) is 11.5. The fraction of sp³-hybridized carbons (Fsp3) is 0.167. The second-order valence-electron chi connectivity index (χ2n) is 5.15. The van der Waals surface area contributed by atoms with Crippen LogP contribution in [0.25, 0.3) is 11.0 Å². The summed E-state index contributed by atoms with van der Waals surface area (Å²) >= 11 is 0. The maximum absolute atomic E-state index is 13.3. The summed E-state index contributed by atoms with van der Waals surface area (Å²) < 4.78 is 29.4. The average molecular weight is 314 g/mol. The van der Waals surface area contributed by atoms with Crippen LogP contribution in [0.3, 0.4) is 0 Å². The van der Waals surface area contributed by atoms with E-state index in [1.807, 2.05) is 13.0 Å². The summed E-state index contributed by atoms with van der Waals surface area (Å²) in [5, 5.41) is 0.847. The first kappa shape index (κ1) is 15.1. The lowest BCUT2D eigenvalue weighted by Gasteiger charge is -2.11. The van der Waals surface area contributed by atoms with Gasteiger partial charge in [-0.25, -0.2) is 9.18 Å². The molecule has 0 radical (unpaired) electrons. The molecule has 118 valence electrons. The van der Waals surface area contributed by atoms with Gasteiger partial charge < -0.3 is 13.9 Å². The third kappa shape index (κ3) is 3.18. The molecule has 0 amide bonds. The normalized spacial score (nSPS) is 10.7. The highest BCUT2D eigenvalue weighted by atomic mass is 19.1. The highest BCUT2D eigenvalue weighted by Crippen LogP contribution is 2.25. The predicted molar refractivity (Wildman–Crippen MR) is 84.5 cm³/mol. The standard InChI is InChI=1S/C18H15FO4/c1-11-7-18(20)23-17-9-14(4-5-15(11)17)22-10-12-8-13(19)3-6-16(12)21-2/h3-9H,10H2,1-2H3. The van der Waals surface area contributed by atoms with E-state index in [9.17, 15) is 9.18 Å². The monoisotopic (exact) mass is 314 g/mol. The SMILES string of the molecule is COc1ccc(F)cc1COc1ccc2c(C)cc(=O)oc2c1. The molecule has 3 aromatic rings. The van der Waals surface area contributed by atoms with Gasteiger partial charge in [-0.2, -0.15) is 0 Å². The lowest BCUT2D eigenvalue weighted by atomic mass is 10.1. The molecule has 0 unspecified atom stereocenters. The van der Waals surface area contributed by atoms with Crippen molar-refractivity contribution in [2.75, 3.05) is 7.11 Å². The number of hydrogen-bond acceptors (Lipinski definition) is 4. The molecule has 0 aliphatic rings. The van der Waals surface area contributed by atoms with Crippen LogP contribution >= 0.6 is 0 Å². The average Bonchev–Trinajstić information content (AvgIpc) is 2.52. The summed E-state index contributed by atoms with van der Waals surface area (Å²) in [7, 11) is 1.52. The lowest BCUT2D eigenvalue weighted by Crippen LogP contribution is -2.01. The largest absolute Gasteiger partial charge is 0.496 e. The minimum absolute atomic E-state index is 0.141. The van der Waals surface area contributed by atoms with E-state index in [-0.39, 0.29) is 12.4 Å². The Bertz CT molecular complexity index is 915. The van der Waals surface area contributed by atoms with Crippen LogP contribution in [0.15, 0.2) is 51.7 Å². The van der Waals surface area contributed by atoms with Crippen LogP contribution in [0.1, 0.15) is 11.1 Å². The van der Waals surface area contributed by atoms with Gasteiger partial charge in [0.25, 0.3) is 0 Å². The molecule has 2 aromatic carbocycles. The first-order valence-corrected chi connectivity index (χ1v) is 7.06. The quantitative estimate of drug-likeness (QED) is 0.687. The number of benzene rings is 2. The fourth-order valence-electron chi connectivity index (χ4n) is 2.42. The minimum atomic E-state index is -0.404. The minimum Gasteiger partial charge on any atom is -0.496 e. The van der Waals surface area contributed by atoms with Crippen molar-refractivity contribution in [2.24, 2.45) is 0 Å². The van der Waals surface area contributed by atoms with E-state index in [4.69, 9.17) is 13.9 Å². The zero-order chi connectivity index (χ0) is 16.4. The van der Waals surface area contributed by atoms with Crippen LogP contribution in [0.2, 0.25) is 0 Å². The molecule has 1 heterocycles. The molecular formula is C18H15FO4. The molecule has 0 saturated heterocycles. The van der Waals surface area contributed by atoms with Crippen molar-refractivity contribution in [3.63, 3.8) is 0 Å². The number of methoxy groups -OCH3 is 1. The Kier molecular flexibility index (Phi) is 4.02. The van der Waals surface area contributed by atoms with Gasteiger partial charge >= 0.3 is 5.63 Å². The molecule has 0 aliphatic carbocycles. The summed E-state index contributed by atoms with van der Waals surface area (Å²) in [6, 6.07) is 10.9. The van der Waals surface area contributed by atoms with Gasteiger partial charge in [-0.1, -0.05) is 0 Å². The number of hydrogen-bond donors (Lipinski definition) is 0. The van der Waals surface area contributed by atoms with Crippen LogP contribution in [0, 0.1) is 12.7 Å². The summed E-state index contributed by atoms with van der Waals surface area (Å²) in [6.07, 6.45) is 0. The molecule has 0 fully saturated rings. The van der Waals surface area contributed by atoms with Gasteiger partial charge in [-0.15, -0.1) is 0 Å². The Hall–Kier alpha value is -2.82. The van der Waals surface area contributed by atoms with Crippen LogP contribution in [0.5, 0.6) is 11.5 Å². The number of aryl methyl sites for hydroxylation is 1. The topological polar surface area (TPSA) is 48.7 Å². The van der Waals surface area contributed by atoms with Crippen LogP contribution in [-0.4, -0.2) is 7.11 Å². The van der Waals surface area contributed by atoms with Crippen molar-refractivity contribution in [3.05, 3.63) is 69.8 Å². The third-order valence-corrected chi connectivity index (χ3v) is 3.56. The lowest BCUT2D eigenvalue weighted by molar-refractivity contribution is 0.295. The Balaban J connectivity index is 1.88. The van der Waals surface area contributed by atoms with Crippen molar-refractivity contribution in [1.29, 1.82) is 0 Å². The maximum Gasteiger partial charge on any atom is 0.336 e. The summed E-state index contributed by atoms with van der Waals surface area (Å²) in [5.74, 6) is 0.719. The molecule has 0 bridgehead atoms. The van der Waals surface area contributed by atoms with Crippen molar-refractivity contribution < 1.29 is 18.3 Å². The molecule has 0 atom stereocenters. The predicted octanol–water partition coefficient (Wildman–Crippen LogP) is 3.83. The van der Waals surface area contributed by atoms with Crippen LogP contribution in [-0.2, 0) is 6.61 Å². The molecule has 0 saturated carbocycles. The molecule has 4 nitrogen and oxygen atoms in total. The van der Waals surface area contributed by atoms with E-state index in [1.165, 1.54) is 25.3 Å². The zero-order valence-electron chi connectivity index (χ0n) is 12.8. The van der Waals surface area contributed by atoms with E-state index in [0.29, 0.717) is 22.6 Å². The molecule has 0 N–H and O–H groups in total. The Morgan fingerprint density at radius 2 is 1.96 bits per heavy atom. The van der Waals surface area contributed by atoms with E-state index < -0.39 is 5.63 Å². The van der Waals surface area contributed by atoms with Gasteiger partial charge in [-0.05, 0) is 42.8 Å². The van der Waals surface area contributed by atoms with E-state index in [0.717, 1.165) is 10.9 Å². The number of fused-ring (bicyclic) bond motifs is 1. The van der Waals surface area contributed by atoms with Crippen molar-refractivity contribution in [1.82, 2.24) is 0 Å². The maximum atomic E-state index is 13.3. The van der Waals surface area contributed by atoms with E-state index in [2.05, 4.69) is 0 Å². The van der Waals surface area contributed by atoms with Gasteiger partial charge in [0.05, 0.1) is 7.11 Å². The highest BCUT2D eigenvalue weighted by Gasteiger charge is 2.08. The summed E-state index contributed by atoms with van der Waals surface area (Å²) in [5.41, 5.74) is 1.49. The van der Waals surface area contributed by atoms with Gasteiger partial charge in [0.15, 0.2) is 0 Å². The molecule has 0 spiro atoms. The van der Waals surface area contributed by atoms with Crippen molar-refractivity contribution in [3.8, 4) is 11.5 Å². The summed E-state index contributed by atoms with van der Waals surface area (Å²) in [6.45, 7) is 1.99. The number of rotatable bonds is 4.